The topological polar surface area (TPSA) is 4.93 Å². The smallest absolute Gasteiger partial charge is 0.0495 e. The van der Waals surface area contributed by atoms with Crippen molar-refractivity contribution in [2.45, 2.75) is 0 Å². The average Bonchev–Trinajstić information content (AvgIpc) is 3.26. The lowest BCUT2D eigenvalue weighted by Crippen LogP contribution is -1.89. The Hall–Kier alpha value is -4.88. The highest BCUT2D eigenvalue weighted by Gasteiger charge is 2.16. The Balaban J connectivity index is 1.53. The van der Waals surface area contributed by atoms with Crippen molar-refractivity contribution < 1.29 is 0 Å². The molecular formula is C37H23N. The van der Waals surface area contributed by atoms with Gasteiger partial charge in [0.2, 0.25) is 0 Å². The number of aryl methyl sites for hydroxylation is 1. The highest BCUT2D eigenvalue weighted by Crippen LogP contribution is 2.42. The molecule has 0 aliphatic carbocycles. The molecule has 0 atom stereocenters. The Morgan fingerprint density at radius 1 is 0.289 bits per heavy atom. The molecule has 9 aromatic rings. The zero-order valence-corrected chi connectivity index (χ0v) is 21.0. The van der Waals surface area contributed by atoms with Crippen molar-refractivity contribution in [3.8, 4) is 0 Å². The van der Waals surface area contributed by atoms with Gasteiger partial charge in [0.1, 0.15) is 0 Å². The van der Waals surface area contributed by atoms with E-state index in [9.17, 15) is 0 Å². The number of benzene rings is 8. The fourth-order valence-electron chi connectivity index (χ4n) is 7.00. The van der Waals surface area contributed by atoms with E-state index in [0.717, 1.165) is 0 Å². The molecule has 38 heavy (non-hydrogen) atoms. The van der Waals surface area contributed by atoms with Crippen LogP contribution in [0.4, 0.5) is 0 Å². The third-order valence-electron chi connectivity index (χ3n) is 8.73. The summed E-state index contributed by atoms with van der Waals surface area (Å²) < 4.78 is 2.39. The number of hydrogen-bond acceptors (Lipinski definition) is 0. The molecule has 0 amide bonds. The Kier molecular flexibility index (Phi) is 3.78. The molecule has 0 spiro atoms. The van der Waals surface area contributed by atoms with Crippen LogP contribution in [0.2, 0.25) is 0 Å². The van der Waals surface area contributed by atoms with Gasteiger partial charge in [-0.2, -0.15) is 0 Å². The van der Waals surface area contributed by atoms with Crippen LogP contribution in [-0.4, -0.2) is 4.57 Å². The van der Waals surface area contributed by atoms with Gasteiger partial charge in [0.15, 0.2) is 0 Å². The number of nitrogens with zero attached hydrogens (tertiary/aromatic N) is 1. The average molecular weight is 482 g/mol. The van der Waals surface area contributed by atoms with Gasteiger partial charge in [0, 0.05) is 28.9 Å². The van der Waals surface area contributed by atoms with Crippen LogP contribution < -0.4 is 0 Å². The van der Waals surface area contributed by atoms with Gasteiger partial charge in [0.05, 0.1) is 0 Å². The predicted molar refractivity (Wildman–Crippen MR) is 165 cm³/mol. The summed E-state index contributed by atoms with van der Waals surface area (Å²) in [6, 6.07) is 45.1. The zero-order valence-electron chi connectivity index (χ0n) is 21.0. The Bertz CT molecular complexity index is 2280. The first-order valence-electron chi connectivity index (χ1n) is 13.3. The van der Waals surface area contributed by atoms with Crippen molar-refractivity contribution >= 4 is 86.4 Å². The molecule has 1 aromatic heterocycles. The van der Waals surface area contributed by atoms with Gasteiger partial charge in [-0.1, -0.05) is 97.1 Å². The van der Waals surface area contributed by atoms with Crippen LogP contribution in [0.25, 0.3) is 86.4 Å². The fourth-order valence-corrected chi connectivity index (χ4v) is 7.00. The van der Waals surface area contributed by atoms with Crippen molar-refractivity contribution in [2.75, 3.05) is 0 Å². The predicted octanol–water partition coefficient (Wildman–Crippen LogP) is 10.3. The van der Waals surface area contributed by atoms with Gasteiger partial charge >= 0.3 is 0 Å². The molecule has 0 saturated carbocycles. The van der Waals surface area contributed by atoms with E-state index in [1.54, 1.807) is 0 Å². The minimum atomic E-state index is 1.27. The van der Waals surface area contributed by atoms with Crippen LogP contribution in [0.3, 0.4) is 0 Å². The molecular weight excluding hydrogens is 458 g/mol. The molecule has 176 valence electrons. The molecule has 0 radical (unpaired) electrons. The minimum absolute atomic E-state index is 1.27. The lowest BCUT2D eigenvalue weighted by atomic mass is 9.92. The lowest BCUT2D eigenvalue weighted by Gasteiger charge is -2.11. The molecule has 0 aliphatic rings. The maximum atomic E-state index is 2.44. The molecule has 9 rings (SSSR count). The van der Waals surface area contributed by atoms with E-state index in [4.69, 9.17) is 0 Å². The van der Waals surface area contributed by atoms with Crippen LogP contribution in [-0.2, 0) is 7.05 Å². The standard InChI is InChI=1S/C37H23N/c1-38-36-20-32-28-16-8-4-12-24(28)22-10-2-6-14-26(22)30(32)18-34(36)35-19-31-27-15-7-3-11-23(27)25-13-5-9-17-29(25)33(31)21-37(35)38/h2-21H,1H3. The second-order valence-electron chi connectivity index (χ2n) is 10.6. The van der Waals surface area contributed by atoms with Crippen molar-refractivity contribution in [2.24, 2.45) is 7.05 Å². The summed E-state index contributed by atoms with van der Waals surface area (Å²) in [7, 11) is 2.22. The second kappa shape index (κ2) is 7.12. The summed E-state index contributed by atoms with van der Waals surface area (Å²) in [5.41, 5.74) is 2.55. The van der Waals surface area contributed by atoms with Gasteiger partial charge < -0.3 is 4.57 Å². The van der Waals surface area contributed by atoms with E-state index in [1.165, 1.54) is 86.4 Å². The number of hydrogen-bond donors (Lipinski definition) is 0. The van der Waals surface area contributed by atoms with E-state index < -0.39 is 0 Å². The van der Waals surface area contributed by atoms with Crippen molar-refractivity contribution in [3.63, 3.8) is 0 Å². The Morgan fingerprint density at radius 2 is 0.526 bits per heavy atom. The first kappa shape index (κ1) is 20.2. The van der Waals surface area contributed by atoms with E-state index in [2.05, 4.69) is 133 Å². The van der Waals surface area contributed by atoms with E-state index >= 15 is 0 Å². The number of rotatable bonds is 0. The second-order valence-corrected chi connectivity index (χ2v) is 10.6. The third-order valence-corrected chi connectivity index (χ3v) is 8.73. The van der Waals surface area contributed by atoms with E-state index in [-0.39, 0.29) is 0 Å². The lowest BCUT2D eigenvalue weighted by molar-refractivity contribution is 1.02. The highest BCUT2D eigenvalue weighted by molar-refractivity contribution is 6.31. The molecule has 0 unspecified atom stereocenters. The largest absolute Gasteiger partial charge is 0.344 e. The molecule has 1 nitrogen and oxygen atoms in total. The van der Waals surface area contributed by atoms with Crippen LogP contribution in [0.1, 0.15) is 0 Å². The fraction of sp³-hybridized carbons (Fsp3) is 0.0270. The van der Waals surface area contributed by atoms with Crippen LogP contribution >= 0.6 is 0 Å². The van der Waals surface area contributed by atoms with Crippen molar-refractivity contribution in [1.82, 2.24) is 4.57 Å². The van der Waals surface area contributed by atoms with Crippen LogP contribution in [0.5, 0.6) is 0 Å². The number of fused-ring (bicyclic) bond motifs is 15. The van der Waals surface area contributed by atoms with Gasteiger partial charge in [-0.25, -0.2) is 0 Å². The number of aromatic nitrogens is 1. The van der Waals surface area contributed by atoms with Gasteiger partial charge in [-0.15, -0.1) is 0 Å². The van der Waals surface area contributed by atoms with E-state index in [1.807, 2.05) is 0 Å². The zero-order chi connectivity index (χ0) is 25.0. The quantitative estimate of drug-likeness (QED) is 0.190. The summed E-state index contributed by atoms with van der Waals surface area (Å²) in [5, 5.41) is 18.4. The molecule has 0 N–H and O–H groups in total. The molecule has 0 aliphatic heterocycles. The molecule has 1 heterocycles. The van der Waals surface area contributed by atoms with Crippen molar-refractivity contribution in [1.29, 1.82) is 0 Å². The van der Waals surface area contributed by atoms with Gasteiger partial charge in [-0.3, -0.25) is 0 Å². The maximum absolute atomic E-state index is 2.44. The molecule has 8 aromatic carbocycles. The first-order chi connectivity index (χ1) is 18.8. The summed E-state index contributed by atoms with van der Waals surface area (Å²) >= 11 is 0. The Labute approximate surface area is 219 Å². The van der Waals surface area contributed by atoms with Crippen molar-refractivity contribution in [3.05, 3.63) is 121 Å². The van der Waals surface area contributed by atoms with Gasteiger partial charge in [-0.05, 0) is 88.9 Å². The monoisotopic (exact) mass is 481 g/mol. The Morgan fingerprint density at radius 3 is 0.816 bits per heavy atom. The summed E-state index contributed by atoms with van der Waals surface area (Å²) in [6.45, 7) is 0. The first-order valence-corrected chi connectivity index (χ1v) is 13.3. The summed E-state index contributed by atoms with van der Waals surface area (Å²) in [6.07, 6.45) is 0. The van der Waals surface area contributed by atoms with Gasteiger partial charge in [0.25, 0.3) is 0 Å². The molecule has 0 saturated heterocycles. The minimum Gasteiger partial charge on any atom is -0.344 e. The summed E-state index contributed by atoms with van der Waals surface area (Å²) in [4.78, 5) is 0. The molecule has 0 fully saturated rings. The normalized spacial score (nSPS) is 12.3. The summed E-state index contributed by atoms with van der Waals surface area (Å²) in [5.74, 6) is 0. The third kappa shape index (κ3) is 2.46. The molecule has 0 bridgehead atoms. The SMILES string of the molecule is Cn1c2cc3c4ccccc4c4ccccc4c3cc2c2cc3c4ccccc4c4ccccc4c3cc21. The van der Waals surface area contributed by atoms with Crippen LogP contribution in [0.15, 0.2) is 121 Å². The molecule has 1 heteroatoms. The van der Waals surface area contributed by atoms with Crippen LogP contribution in [0, 0.1) is 0 Å². The van der Waals surface area contributed by atoms with E-state index in [0.29, 0.717) is 0 Å². The highest BCUT2D eigenvalue weighted by atomic mass is 14.9. The maximum Gasteiger partial charge on any atom is 0.0495 e.